The van der Waals surface area contributed by atoms with Crippen LogP contribution in [-0.4, -0.2) is 21.0 Å². The summed E-state index contributed by atoms with van der Waals surface area (Å²) in [7, 11) is 0. The van der Waals surface area contributed by atoms with E-state index in [-0.39, 0.29) is 5.56 Å². The molecule has 0 bridgehead atoms. The minimum Gasteiger partial charge on any atom is -0.478 e. The Bertz CT molecular complexity index is 599. The highest BCUT2D eigenvalue weighted by Gasteiger charge is 2.10. The van der Waals surface area contributed by atoms with Crippen LogP contribution in [0.4, 0.5) is 0 Å². The minimum atomic E-state index is -1.01. The predicted molar refractivity (Wildman–Crippen MR) is 68.0 cm³/mol. The molecule has 0 aliphatic carbocycles. The summed E-state index contributed by atoms with van der Waals surface area (Å²) >= 11 is 5.89. The molecule has 0 amide bonds. The van der Waals surface area contributed by atoms with Crippen LogP contribution in [0.2, 0.25) is 5.02 Å². The first-order valence-corrected chi connectivity index (χ1v) is 5.74. The van der Waals surface area contributed by atoms with E-state index >= 15 is 0 Å². The van der Waals surface area contributed by atoms with E-state index in [4.69, 9.17) is 16.7 Å². The summed E-state index contributed by atoms with van der Waals surface area (Å²) in [5.41, 5.74) is 1.59. The Morgan fingerprint density at radius 3 is 2.83 bits per heavy atom. The molecule has 0 saturated carbocycles. The molecule has 1 aromatic carbocycles. The van der Waals surface area contributed by atoms with Gasteiger partial charge in [0.2, 0.25) is 0 Å². The summed E-state index contributed by atoms with van der Waals surface area (Å²) in [6.07, 6.45) is 1.87. The van der Waals surface area contributed by atoms with Gasteiger partial charge in [-0.15, -0.1) is 0 Å². The Hall–Kier alpha value is -1.94. The quantitative estimate of drug-likeness (QED) is 0.924. The van der Waals surface area contributed by atoms with Crippen LogP contribution in [0.15, 0.2) is 30.5 Å². The summed E-state index contributed by atoms with van der Waals surface area (Å²) in [5, 5.41) is 9.54. The Morgan fingerprint density at radius 2 is 2.22 bits per heavy atom. The zero-order valence-electron chi connectivity index (χ0n) is 9.72. The van der Waals surface area contributed by atoms with Crippen molar-refractivity contribution in [2.75, 3.05) is 0 Å². The van der Waals surface area contributed by atoms with Gasteiger partial charge in [-0.2, -0.15) is 0 Å². The van der Waals surface area contributed by atoms with Crippen LogP contribution in [0.1, 0.15) is 27.4 Å². The average Bonchev–Trinajstić information content (AvgIpc) is 2.28. The fourth-order valence-electron chi connectivity index (χ4n) is 1.64. The summed E-state index contributed by atoms with van der Waals surface area (Å²) in [6, 6.07) is 7.42. The fraction of sp³-hybridized carbons (Fsp3) is 0.154. The van der Waals surface area contributed by atoms with E-state index in [1.165, 1.54) is 6.20 Å². The van der Waals surface area contributed by atoms with Gasteiger partial charge < -0.3 is 5.11 Å². The lowest BCUT2D eigenvalue weighted by molar-refractivity contribution is 0.0695. The number of hydrogen-bond acceptors (Lipinski definition) is 3. The lowest BCUT2D eigenvalue weighted by Gasteiger charge is -2.04. The number of aromatic nitrogens is 2. The van der Waals surface area contributed by atoms with E-state index in [2.05, 4.69) is 9.97 Å². The number of rotatable bonds is 3. The van der Waals surface area contributed by atoms with Crippen LogP contribution >= 0.6 is 11.6 Å². The van der Waals surface area contributed by atoms with E-state index in [0.717, 1.165) is 5.56 Å². The molecular weight excluding hydrogens is 252 g/mol. The normalized spacial score (nSPS) is 10.3. The first kappa shape index (κ1) is 12.5. The van der Waals surface area contributed by atoms with Gasteiger partial charge in [0.15, 0.2) is 0 Å². The molecule has 2 aromatic rings. The molecule has 0 aliphatic rings. The molecule has 92 valence electrons. The van der Waals surface area contributed by atoms with Crippen molar-refractivity contribution < 1.29 is 9.90 Å². The highest BCUT2D eigenvalue weighted by Crippen LogP contribution is 2.13. The van der Waals surface area contributed by atoms with Gasteiger partial charge in [0.05, 0.1) is 11.3 Å². The number of aryl methyl sites for hydroxylation is 1. The zero-order valence-corrected chi connectivity index (χ0v) is 10.5. The van der Waals surface area contributed by atoms with E-state index in [9.17, 15) is 4.79 Å². The van der Waals surface area contributed by atoms with Crippen LogP contribution in [0.3, 0.4) is 0 Å². The van der Waals surface area contributed by atoms with Crippen molar-refractivity contribution in [2.45, 2.75) is 13.3 Å². The van der Waals surface area contributed by atoms with Crippen molar-refractivity contribution in [3.8, 4) is 0 Å². The maximum atomic E-state index is 10.8. The maximum absolute atomic E-state index is 10.8. The van der Waals surface area contributed by atoms with E-state index in [1.807, 2.05) is 18.2 Å². The third kappa shape index (κ3) is 2.84. The monoisotopic (exact) mass is 262 g/mol. The molecule has 1 N–H and O–H groups in total. The lowest BCUT2D eigenvalue weighted by Crippen LogP contribution is -2.06. The van der Waals surface area contributed by atoms with E-state index < -0.39 is 5.97 Å². The van der Waals surface area contributed by atoms with Crippen LogP contribution in [0, 0.1) is 6.92 Å². The van der Waals surface area contributed by atoms with Crippen molar-refractivity contribution in [3.05, 3.63) is 58.1 Å². The summed E-state index contributed by atoms with van der Waals surface area (Å²) < 4.78 is 0. The first-order chi connectivity index (χ1) is 8.56. The van der Waals surface area contributed by atoms with E-state index in [0.29, 0.717) is 23.0 Å². The SMILES string of the molecule is Cc1nc(Cc2cccc(Cl)c2)ncc1C(=O)O. The topological polar surface area (TPSA) is 63.1 Å². The van der Waals surface area contributed by atoms with Gasteiger partial charge in [-0.3, -0.25) is 0 Å². The van der Waals surface area contributed by atoms with Crippen molar-refractivity contribution in [2.24, 2.45) is 0 Å². The molecule has 0 unspecified atom stereocenters. The summed E-state index contributed by atoms with van der Waals surface area (Å²) in [4.78, 5) is 19.1. The van der Waals surface area contributed by atoms with Gasteiger partial charge in [-0.1, -0.05) is 23.7 Å². The second-order valence-electron chi connectivity index (χ2n) is 3.90. The maximum Gasteiger partial charge on any atom is 0.339 e. The van der Waals surface area contributed by atoms with Crippen LogP contribution < -0.4 is 0 Å². The minimum absolute atomic E-state index is 0.129. The Labute approximate surface area is 109 Å². The molecule has 0 spiro atoms. The van der Waals surface area contributed by atoms with Crippen LogP contribution in [0.25, 0.3) is 0 Å². The molecule has 1 aromatic heterocycles. The molecule has 0 saturated heterocycles. The summed E-state index contributed by atoms with van der Waals surface area (Å²) in [5.74, 6) is -0.429. The van der Waals surface area contributed by atoms with Gasteiger partial charge in [0, 0.05) is 17.6 Å². The standard InChI is InChI=1S/C13H11ClN2O2/c1-8-11(13(17)18)7-15-12(16-8)6-9-3-2-4-10(14)5-9/h2-5,7H,6H2,1H3,(H,17,18). The molecule has 0 radical (unpaired) electrons. The number of benzene rings is 1. The molecule has 2 rings (SSSR count). The number of aromatic carboxylic acids is 1. The second-order valence-corrected chi connectivity index (χ2v) is 4.33. The number of hydrogen-bond donors (Lipinski definition) is 1. The van der Waals surface area contributed by atoms with Crippen molar-refractivity contribution >= 4 is 17.6 Å². The fourth-order valence-corrected chi connectivity index (χ4v) is 1.85. The number of halogens is 1. The first-order valence-electron chi connectivity index (χ1n) is 5.36. The predicted octanol–water partition coefficient (Wildman–Crippen LogP) is 2.73. The third-order valence-electron chi connectivity index (χ3n) is 2.51. The van der Waals surface area contributed by atoms with E-state index in [1.54, 1.807) is 13.0 Å². The Balaban J connectivity index is 2.25. The lowest BCUT2D eigenvalue weighted by atomic mass is 10.1. The molecule has 0 fully saturated rings. The smallest absolute Gasteiger partial charge is 0.339 e. The van der Waals surface area contributed by atoms with Gasteiger partial charge in [-0.05, 0) is 24.6 Å². The third-order valence-corrected chi connectivity index (χ3v) is 2.75. The Morgan fingerprint density at radius 1 is 1.44 bits per heavy atom. The molecule has 1 heterocycles. The Kier molecular flexibility index (Phi) is 3.58. The molecule has 0 aliphatic heterocycles. The molecular formula is C13H11ClN2O2. The second kappa shape index (κ2) is 5.14. The summed E-state index contributed by atoms with van der Waals surface area (Å²) in [6.45, 7) is 1.66. The highest BCUT2D eigenvalue weighted by molar-refractivity contribution is 6.30. The largest absolute Gasteiger partial charge is 0.478 e. The van der Waals surface area contributed by atoms with Gasteiger partial charge in [0.25, 0.3) is 0 Å². The van der Waals surface area contributed by atoms with Crippen molar-refractivity contribution in [1.29, 1.82) is 0 Å². The van der Waals surface area contributed by atoms with Crippen molar-refractivity contribution in [3.63, 3.8) is 0 Å². The molecule has 0 atom stereocenters. The number of carboxylic acids is 1. The van der Waals surface area contributed by atoms with Gasteiger partial charge in [-0.25, -0.2) is 14.8 Å². The number of nitrogens with zero attached hydrogens (tertiary/aromatic N) is 2. The molecule has 5 heteroatoms. The van der Waals surface area contributed by atoms with Gasteiger partial charge in [0.1, 0.15) is 5.82 Å². The van der Waals surface area contributed by atoms with Crippen LogP contribution in [-0.2, 0) is 6.42 Å². The number of carbonyl (C=O) groups is 1. The van der Waals surface area contributed by atoms with Crippen LogP contribution in [0.5, 0.6) is 0 Å². The molecule has 4 nitrogen and oxygen atoms in total. The van der Waals surface area contributed by atoms with Gasteiger partial charge >= 0.3 is 5.97 Å². The average molecular weight is 263 g/mol. The number of carboxylic acid groups (broad SMARTS) is 1. The molecule has 18 heavy (non-hydrogen) atoms. The van der Waals surface area contributed by atoms with Crippen molar-refractivity contribution in [1.82, 2.24) is 9.97 Å². The highest BCUT2D eigenvalue weighted by atomic mass is 35.5. The zero-order chi connectivity index (χ0) is 13.1.